The third kappa shape index (κ3) is 6.34. The maximum Gasteiger partial charge on any atom is 0.276 e. The molecule has 0 aliphatic carbocycles. The van der Waals surface area contributed by atoms with Crippen LogP contribution >= 0.6 is 0 Å². The lowest BCUT2D eigenvalue weighted by Gasteiger charge is -2.14. The van der Waals surface area contributed by atoms with Crippen LogP contribution in [0.4, 0.5) is 0 Å². The van der Waals surface area contributed by atoms with Gasteiger partial charge in [0.05, 0.1) is 12.2 Å². The van der Waals surface area contributed by atoms with Crippen LogP contribution in [0.15, 0.2) is 72.8 Å². The summed E-state index contributed by atoms with van der Waals surface area (Å²) in [4.78, 5) is 24.6. The number of hydrogen-bond donors (Lipinski definition) is 2. The van der Waals surface area contributed by atoms with Gasteiger partial charge in [-0.05, 0) is 42.7 Å². The van der Waals surface area contributed by atoms with E-state index >= 15 is 0 Å². The van der Waals surface area contributed by atoms with Gasteiger partial charge in [0.15, 0.2) is 6.61 Å². The standard InChI is InChI=1S/C25H26N2O4/c1-18-9-8-10-19(2)24(18)31-17-23(28)26-27-25(29)21-13-6-7-14-22(21)30-16-15-20-11-4-3-5-12-20/h3-14H,15-17H2,1-2H3,(H,26,28)(H,27,29). The lowest BCUT2D eigenvalue weighted by molar-refractivity contribution is -0.123. The normalized spacial score (nSPS) is 10.3. The minimum Gasteiger partial charge on any atom is -0.492 e. The summed E-state index contributed by atoms with van der Waals surface area (Å²) in [5, 5.41) is 0. The summed E-state index contributed by atoms with van der Waals surface area (Å²) in [6.07, 6.45) is 0.725. The molecule has 160 valence electrons. The first-order chi connectivity index (χ1) is 15.0. The number of rotatable bonds is 8. The number of hydrazine groups is 1. The molecule has 2 N–H and O–H groups in total. The zero-order valence-corrected chi connectivity index (χ0v) is 17.7. The average Bonchev–Trinajstić information content (AvgIpc) is 2.78. The van der Waals surface area contributed by atoms with Crippen molar-refractivity contribution in [2.75, 3.05) is 13.2 Å². The zero-order valence-electron chi connectivity index (χ0n) is 17.7. The molecule has 2 amide bonds. The Kier molecular flexibility index (Phi) is 7.65. The maximum absolute atomic E-state index is 12.5. The number of carbonyl (C=O) groups is 2. The molecule has 3 rings (SSSR count). The lowest BCUT2D eigenvalue weighted by atomic mass is 10.1. The Hall–Kier alpha value is -3.80. The van der Waals surface area contributed by atoms with E-state index in [2.05, 4.69) is 10.9 Å². The molecule has 0 fully saturated rings. The number of carbonyl (C=O) groups excluding carboxylic acids is 2. The second-order valence-corrected chi connectivity index (χ2v) is 7.09. The van der Waals surface area contributed by atoms with Gasteiger partial charge in [-0.15, -0.1) is 0 Å². The molecule has 0 saturated carbocycles. The van der Waals surface area contributed by atoms with Crippen LogP contribution in [0.2, 0.25) is 0 Å². The number of hydrogen-bond acceptors (Lipinski definition) is 4. The van der Waals surface area contributed by atoms with Crippen molar-refractivity contribution in [3.05, 3.63) is 95.1 Å². The van der Waals surface area contributed by atoms with E-state index in [0.717, 1.165) is 23.1 Å². The van der Waals surface area contributed by atoms with Gasteiger partial charge in [0.25, 0.3) is 11.8 Å². The Balaban J connectivity index is 1.50. The van der Waals surface area contributed by atoms with Crippen molar-refractivity contribution in [3.63, 3.8) is 0 Å². The number of para-hydroxylation sites is 2. The first kappa shape index (κ1) is 21.9. The average molecular weight is 418 g/mol. The van der Waals surface area contributed by atoms with Gasteiger partial charge in [-0.1, -0.05) is 60.7 Å². The van der Waals surface area contributed by atoms with Crippen molar-refractivity contribution < 1.29 is 19.1 Å². The Labute approximate surface area is 182 Å². The van der Waals surface area contributed by atoms with Crippen LogP contribution in [0, 0.1) is 13.8 Å². The number of amides is 2. The van der Waals surface area contributed by atoms with Crippen molar-refractivity contribution in [1.82, 2.24) is 10.9 Å². The topological polar surface area (TPSA) is 76.7 Å². The Bertz CT molecular complexity index is 1010. The van der Waals surface area contributed by atoms with Gasteiger partial charge in [-0.2, -0.15) is 0 Å². The van der Waals surface area contributed by atoms with Crippen LogP contribution in [0.5, 0.6) is 11.5 Å². The Morgan fingerprint density at radius 3 is 2.19 bits per heavy atom. The van der Waals surface area contributed by atoms with Gasteiger partial charge in [0, 0.05) is 6.42 Å². The Morgan fingerprint density at radius 2 is 1.45 bits per heavy atom. The number of aryl methyl sites for hydroxylation is 2. The number of benzene rings is 3. The predicted octanol–water partition coefficient (Wildman–Crippen LogP) is 3.76. The molecule has 3 aromatic carbocycles. The van der Waals surface area contributed by atoms with E-state index in [0.29, 0.717) is 23.7 Å². The predicted molar refractivity (Wildman–Crippen MR) is 119 cm³/mol. The molecule has 0 radical (unpaired) electrons. The van der Waals surface area contributed by atoms with E-state index in [1.165, 1.54) is 0 Å². The lowest BCUT2D eigenvalue weighted by Crippen LogP contribution is -2.44. The maximum atomic E-state index is 12.5. The molecule has 0 atom stereocenters. The van der Waals surface area contributed by atoms with Crippen molar-refractivity contribution in [2.24, 2.45) is 0 Å². The summed E-state index contributed by atoms with van der Waals surface area (Å²) in [7, 11) is 0. The van der Waals surface area contributed by atoms with Crippen molar-refractivity contribution in [3.8, 4) is 11.5 Å². The van der Waals surface area contributed by atoms with Gasteiger partial charge in [0.2, 0.25) is 0 Å². The monoisotopic (exact) mass is 418 g/mol. The highest BCUT2D eigenvalue weighted by Crippen LogP contribution is 2.22. The van der Waals surface area contributed by atoms with E-state index in [1.54, 1.807) is 24.3 Å². The molecular weight excluding hydrogens is 392 g/mol. The fourth-order valence-electron chi connectivity index (χ4n) is 3.10. The van der Waals surface area contributed by atoms with E-state index in [1.807, 2.05) is 62.4 Å². The molecule has 0 aromatic heterocycles. The van der Waals surface area contributed by atoms with Crippen LogP contribution in [-0.2, 0) is 11.2 Å². The van der Waals surface area contributed by atoms with Crippen LogP contribution in [-0.4, -0.2) is 25.0 Å². The highest BCUT2D eigenvalue weighted by atomic mass is 16.5. The molecule has 6 heteroatoms. The van der Waals surface area contributed by atoms with Gasteiger partial charge < -0.3 is 9.47 Å². The van der Waals surface area contributed by atoms with E-state index in [4.69, 9.17) is 9.47 Å². The highest BCUT2D eigenvalue weighted by Gasteiger charge is 2.14. The second-order valence-electron chi connectivity index (χ2n) is 7.09. The van der Waals surface area contributed by atoms with E-state index in [9.17, 15) is 9.59 Å². The van der Waals surface area contributed by atoms with Crippen LogP contribution in [0.25, 0.3) is 0 Å². The smallest absolute Gasteiger partial charge is 0.276 e. The highest BCUT2D eigenvalue weighted by molar-refractivity contribution is 5.97. The molecule has 0 unspecified atom stereocenters. The van der Waals surface area contributed by atoms with Crippen molar-refractivity contribution in [1.29, 1.82) is 0 Å². The fraction of sp³-hybridized carbons (Fsp3) is 0.200. The quantitative estimate of drug-likeness (QED) is 0.546. The molecule has 0 aliphatic rings. The summed E-state index contributed by atoms with van der Waals surface area (Å²) in [6.45, 7) is 4.05. The SMILES string of the molecule is Cc1cccc(C)c1OCC(=O)NNC(=O)c1ccccc1OCCc1ccccc1. The van der Waals surface area contributed by atoms with Crippen LogP contribution in [0.1, 0.15) is 27.0 Å². The van der Waals surface area contributed by atoms with Crippen LogP contribution < -0.4 is 20.3 Å². The largest absolute Gasteiger partial charge is 0.492 e. The first-order valence-electron chi connectivity index (χ1n) is 10.1. The molecule has 0 saturated heterocycles. The fourth-order valence-corrected chi connectivity index (χ4v) is 3.10. The summed E-state index contributed by atoms with van der Waals surface area (Å²) in [6, 6.07) is 22.6. The molecule has 31 heavy (non-hydrogen) atoms. The number of nitrogens with one attached hydrogen (secondary N) is 2. The van der Waals surface area contributed by atoms with Gasteiger partial charge in [-0.3, -0.25) is 20.4 Å². The molecular formula is C25H26N2O4. The number of ether oxygens (including phenoxy) is 2. The minimum absolute atomic E-state index is 0.207. The second kappa shape index (κ2) is 10.8. The first-order valence-corrected chi connectivity index (χ1v) is 10.1. The molecule has 0 spiro atoms. The molecule has 0 bridgehead atoms. The Morgan fingerprint density at radius 1 is 0.774 bits per heavy atom. The van der Waals surface area contributed by atoms with E-state index < -0.39 is 11.8 Å². The van der Waals surface area contributed by atoms with Gasteiger partial charge in [-0.25, -0.2) is 0 Å². The summed E-state index contributed by atoms with van der Waals surface area (Å²) < 4.78 is 11.4. The van der Waals surface area contributed by atoms with Crippen molar-refractivity contribution in [2.45, 2.75) is 20.3 Å². The summed E-state index contributed by atoms with van der Waals surface area (Å²) >= 11 is 0. The third-order valence-electron chi connectivity index (χ3n) is 4.69. The third-order valence-corrected chi connectivity index (χ3v) is 4.69. The molecule has 3 aromatic rings. The minimum atomic E-state index is -0.462. The van der Waals surface area contributed by atoms with Crippen molar-refractivity contribution >= 4 is 11.8 Å². The van der Waals surface area contributed by atoms with Gasteiger partial charge in [0.1, 0.15) is 11.5 Å². The summed E-state index contributed by atoms with van der Waals surface area (Å²) in [5.74, 6) is 0.201. The molecule has 6 nitrogen and oxygen atoms in total. The van der Waals surface area contributed by atoms with E-state index in [-0.39, 0.29) is 6.61 Å². The van der Waals surface area contributed by atoms with Crippen LogP contribution in [0.3, 0.4) is 0 Å². The zero-order chi connectivity index (χ0) is 22.1. The van der Waals surface area contributed by atoms with Gasteiger partial charge >= 0.3 is 0 Å². The molecule has 0 aliphatic heterocycles. The molecule has 0 heterocycles. The summed E-state index contributed by atoms with van der Waals surface area (Å²) in [5.41, 5.74) is 8.17.